The van der Waals surface area contributed by atoms with Crippen molar-refractivity contribution in [2.24, 2.45) is 0 Å². The number of hydrogen-bond acceptors (Lipinski definition) is 1. The highest BCUT2D eigenvalue weighted by Gasteiger charge is 2.23. The predicted molar refractivity (Wildman–Crippen MR) is 80.8 cm³/mol. The van der Waals surface area contributed by atoms with Gasteiger partial charge in [-0.25, -0.2) is 13.8 Å². The minimum atomic E-state index is -0.810. The van der Waals surface area contributed by atoms with Gasteiger partial charge in [0.05, 0.1) is 5.52 Å². The Balaban J connectivity index is 2.16. The van der Waals surface area contributed by atoms with Gasteiger partial charge < -0.3 is 4.57 Å². The van der Waals surface area contributed by atoms with Gasteiger partial charge in [-0.15, -0.1) is 11.6 Å². The van der Waals surface area contributed by atoms with Crippen molar-refractivity contribution in [3.8, 4) is 0 Å². The summed E-state index contributed by atoms with van der Waals surface area (Å²) in [6, 6.07) is 2.90. The second-order valence-electron chi connectivity index (χ2n) is 5.71. The van der Waals surface area contributed by atoms with E-state index < -0.39 is 11.6 Å². The molecular formula is C16H19ClF2N2. The molecule has 0 saturated heterocycles. The van der Waals surface area contributed by atoms with E-state index in [-0.39, 0.29) is 6.04 Å². The average molecular weight is 313 g/mol. The van der Waals surface area contributed by atoms with E-state index in [1.807, 2.05) is 4.57 Å². The van der Waals surface area contributed by atoms with Crippen LogP contribution < -0.4 is 0 Å². The molecular weight excluding hydrogens is 294 g/mol. The monoisotopic (exact) mass is 312 g/mol. The van der Waals surface area contributed by atoms with Crippen molar-refractivity contribution in [2.45, 2.75) is 51.0 Å². The number of aryl methyl sites for hydroxylation is 1. The number of alkyl halides is 1. The summed E-state index contributed by atoms with van der Waals surface area (Å²) in [6.07, 6.45) is 7.25. The van der Waals surface area contributed by atoms with Gasteiger partial charge in [0.2, 0.25) is 0 Å². The molecule has 114 valence electrons. The van der Waals surface area contributed by atoms with Crippen molar-refractivity contribution in [2.75, 3.05) is 5.88 Å². The number of imidazole rings is 1. The Morgan fingerprint density at radius 2 is 1.86 bits per heavy atom. The van der Waals surface area contributed by atoms with Gasteiger partial charge in [-0.05, 0) is 25.0 Å². The maximum absolute atomic E-state index is 14.3. The molecule has 0 amide bonds. The van der Waals surface area contributed by atoms with Crippen LogP contribution in [0.25, 0.3) is 11.0 Å². The van der Waals surface area contributed by atoms with Gasteiger partial charge in [0.1, 0.15) is 11.3 Å². The van der Waals surface area contributed by atoms with E-state index >= 15 is 0 Å². The molecule has 1 aromatic heterocycles. The van der Waals surface area contributed by atoms with Crippen LogP contribution in [0.4, 0.5) is 8.78 Å². The molecule has 1 aliphatic rings. The standard InChI is InChI=1S/C16H19ClF2N2/c17-10-9-14-20-13-8-7-12(18)15(19)16(13)21(14)11-5-3-1-2-4-6-11/h7-8,11H,1-6,9-10H2. The van der Waals surface area contributed by atoms with Crippen molar-refractivity contribution in [1.29, 1.82) is 0 Å². The molecule has 0 aliphatic heterocycles. The number of nitrogens with zero attached hydrogens (tertiary/aromatic N) is 2. The highest BCUT2D eigenvalue weighted by Crippen LogP contribution is 2.33. The van der Waals surface area contributed by atoms with Crippen molar-refractivity contribution >= 4 is 22.6 Å². The molecule has 2 nitrogen and oxygen atoms in total. The molecule has 1 heterocycles. The highest BCUT2D eigenvalue weighted by molar-refractivity contribution is 6.17. The van der Waals surface area contributed by atoms with Gasteiger partial charge in [0.25, 0.3) is 0 Å². The molecule has 1 aliphatic carbocycles. The Morgan fingerprint density at radius 1 is 1.14 bits per heavy atom. The van der Waals surface area contributed by atoms with E-state index in [4.69, 9.17) is 11.6 Å². The molecule has 21 heavy (non-hydrogen) atoms. The molecule has 3 rings (SSSR count). The fourth-order valence-corrected chi connectivity index (χ4v) is 3.51. The van der Waals surface area contributed by atoms with Crippen molar-refractivity contribution in [3.63, 3.8) is 0 Å². The van der Waals surface area contributed by atoms with Crippen LogP contribution in [0.15, 0.2) is 12.1 Å². The lowest BCUT2D eigenvalue weighted by Crippen LogP contribution is -2.13. The third-order valence-corrected chi connectivity index (χ3v) is 4.51. The zero-order valence-corrected chi connectivity index (χ0v) is 12.7. The molecule has 2 aromatic rings. The third kappa shape index (κ3) is 2.78. The molecule has 5 heteroatoms. The van der Waals surface area contributed by atoms with Crippen LogP contribution >= 0.6 is 11.6 Å². The summed E-state index contributed by atoms with van der Waals surface area (Å²) >= 11 is 5.86. The smallest absolute Gasteiger partial charge is 0.184 e. The normalized spacial score (nSPS) is 17.3. The molecule has 0 bridgehead atoms. The van der Waals surface area contributed by atoms with E-state index in [9.17, 15) is 8.78 Å². The Kier molecular flexibility index (Phi) is 4.43. The summed E-state index contributed by atoms with van der Waals surface area (Å²) in [5.41, 5.74) is 0.834. The predicted octanol–water partition coefficient (Wildman–Crippen LogP) is 4.99. The highest BCUT2D eigenvalue weighted by atomic mass is 35.5. The summed E-state index contributed by atoms with van der Waals surface area (Å²) < 4.78 is 29.8. The van der Waals surface area contributed by atoms with Gasteiger partial charge in [-0.1, -0.05) is 25.7 Å². The molecule has 0 unspecified atom stereocenters. The van der Waals surface area contributed by atoms with Gasteiger partial charge in [0.15, 0.2) is 11.6 Å². The Hall–Kier alpha value is -1.16. The summed E-state index contributed by atoms with van der Waals surface area (Å²) in [5, 5.41) is 0. The van der Waals surface area contributed by atoms with E-state index in [0.29, 0.717) is 23.3 Å². The number of aromatic nitrogens is 2. The average Bonchev–Trinajstić information content (AvgIpc) is 2.66. The number of halogens is 3. The third-order valence-electron chi connectivity index (χ3n) is 4.32. The summed E-state index contributed by atoms with van der Waals surface area (Å²) in [5.74, 6) is -0.392. The van der Waals surface area contributed by atoms with Crippen LogP contribution in [-0.4, -0.2) is 15.4 Å². The quantitative estimate of drug-likeness (QED) is 0.576. The number of hydrogen-bond donors (Lipinski definition) is 0. The van der Waals surface area contributed by atoms with E-state index in [0.717, 1.165) is 37.6 Å². The molecule has 0 atom stereocenters. The van der Waals surface area contributed by atoms with Crippen LogP contribution in [-0.2, 0) is 6.42 Å². The lowest BCUT2D eigenvalue weighted by molar-refractivity contribution is 0.433. The van der Waals surface area contributed by atoms with E-state index in [1.165, 1.54) is 12.8 Å². The lowest BCUT2D eigenvalue weighted by Gasteiger charge is -2.20. The zero-order valence-electron chi connectivity index (χ0n) is 11.9. The van der Waals surface area contributed by atoms with Crippen molar-refractivity contribution in [3.05, 3.63) is 29.6 Å². The van der Waals surface area contributed by atoms with Crippen LogP contribution in [0.2, 0.25) is 0 Å². The fraction of sp³-hybridized carbons (Fsp3) is 0.562. The molecule has 1 aromatic carbocycles. The van der Waals surface area contributed by atoms with Crippen LogP contribution in [0.1, 0.15) is 50.4 Å². The van der Waals surface area contributed by atoms with Crippen molar-refractivity contribution < 1.29 is 8.78 Å². The van der Waals surface area contributed by atoms with Crippen LogP contribution in [0, 0.1) is 11.6 Å². The van der Waals surface area contributed by atoms with Gasteiger partial charge in [-0.3, -0.25) is 0 Å². The van der Waals surface area contributed by atoms with Crippen molar-refractivity contribution in [1.82, 2.24) is 9.55 Å². The second-order valence-corrected chi connectivity index (χ2v) is 6.09. The van der Waals surface area contributed by atoms with Gasteiger partial charge in [0, 0.05) is 18.3 Å². The largest absolute Gasteiger partial charge is 0.322 e. The summed E-state index contributed by atoms with van der Waals surface area (Å²) in [7, 11) is 0. The molecule has 1 saturated carbocycles. The summed E-state index contributed by atoms with van der Waals surface area (Å²) in [6.45, 7) is 0. The number of fused-ring (bicyclic) bond motifs is 1. The second kappa shape index (κ2) is 6.30. The maximum Gasteiger partial charge on any atom is 0.184 e. The first-order valence-corrected chi connectivity index (χ1v) is 8.16. The first kappa shape index (κ1) is 14.8. The maximum atomic E-state index is 14.3. The first-order valence-electron chi connectivity index (χ1n) is 7.63. The minimum absolute atomic E-state index is 0.201. The molecule has 0 spiro atoms. The Bertz CT molecular complexity index is 631. The fourth-order valence-electron chi connectivity index (χ4n) is 3.34. The lowest BCUT2D eigenvalue weighted by atomic mass is 10.1. The molecule has 0 N–H and O–H groups in total. The SMILES string of the molecule is Fc1ccc2nc(CCCl)n(C3CCCCCC3)c2c1F. The minimum Gasteiger partial charge on any atom is -0.322 e. The van der Waals surface area contributed by atoms with Gasteiger partial charge >= 0.3 is 0 Å². The Labute approximate surface area is 128 Å². The Morgan fingerprint density at radius 3 is 2.52 bits per heavy atom. The van der Waals surface area contributed by atoms with E-state index in [2.05, 4.69) is 4.98 Å². The van der Waals surface area contributed by atoms with Crippen LogP contribution in [0.3, 0.4) is 0 Å². The van der Waals surface area contributed by atoms with Gasteiger partial charge in [-0.2, -0.15) is 0 Å². The first-order chi connectivity index (χ1) is 10.2. The molecule has 0 radical (unpaired) electrons. The van der Waals surface area contributed by atoms with E-state index in [1.54, 1.807) is 6.07 Å². The topological polar surface area (TPSA) is 17.8 Å². The number of benzene rings is 1. The van der Waals surface area contributed by atoms with Crippen LogP contribution in [0.5, 0.6) is 0 Å². The number of rotatable bonds is 3. The summed E-state index contributed by atoms with van der Waals surface area (Å²) in [4.78, 5) is 4.48. The zero-order chi connectivity index (χ0) is 14.8. The molecule has 1 fully saturated rings.